The minimum Gasteiger partial charge on any atom is -0.368 e. The molecule has 5 nitrogen and oxygen atoms in total. The van der Waals surface area contributed by atoms with Gasteiger partial charge in [-0.05, 0) is 18.2 Å². The Morgan fingerprint density at radius 2 is 1.94 bits per heavy atom. The summed E-state index contributed by atoms with van der Waals surface area (Å²) in [6.45, 7) is 0. The van der Waals surface area contributed by atoms with Crippen molar-refractivity contribution in [2.75, 3.05) is 11.1 Å². The maximum absolute atomic E-state index is 11.7. The van der Waals surface area contributed by atoms with Gasteiger partial charge in [0.25, 0.3) is 5.91 Å². The highest BCUT2D eigenvalue weighted by atomic mass is 16.1. The Kier molecular flexibility index (Phi) is 2.77. The van der Waals surface area contributed by atoms with Gasteiger partial charge in [0.15, 0.2) is 0 Å². The Bertz CT molecular complexity index is 498. The molecule has 0 unspecified atom stereocenters. The second kappa shape index (κ2) is 4.39. The summed E-state index contributed by atoms with van der Waals surface area (Å²) in [5.41, 5.74) is 5.97. The van der Waals surface area contributed by atoms with E-state index in [1.165, 1.54) is 6.20 Å². The Morgan fingerprint density at radius 3 is 2.62 bits per heavy atom. The van der Waals surface area contributed by atoms with Gasteiger partial charge in [0, 0.05) is 11.8 Å². The molecule has 0 radical (unpaired) electrons. The molecule has 0 fully saturated rings. The predicted molar refractivity (Wildman–Crippen MR) is 60.8 cm³/mol. The molecule has 2 rings (SSSR count). The summed E-state index contributed by atoms with van der Waals surface area (Å²) in [5.74, 6) is 0.297. The molecule has 1 aromatic heterocycles. The smallest absolute Gasteiger partial charge is 0.256 e. The normalized spacial score (nSPS) is 9.75. The number of nitrogens with one attached hydrogen (secondary N) is 1. The van der Waals surface area contributed by atoms with Gasteiger partial charge in [-0.1, -0.05) is 18.2 Å². The molecule has 1 heterocycles. The molecule has 0 bridgehead atoms. The Labute approximate surface area is 92.3 Å². The summed E-state index contributed by atoms with van der Waals surface area (Å²) < 4.78 is 0. The molecule has 80 valence electrons. The lowest BCUT2D eigenvalue weighted by molar-refractivity contribution is 0.102. The minimum atomic E-state index is -0.223. The van der Waals surface area contributed by atoms with E-state index < -0.39 is 0 Å². The lowest BCUT2D eigenvalue weighted by atomic mass is 10.2. The zero-order chi connectivity index (χ0) is 11.4. The summed E-state index contributed by atoms with van der Waals surface area (Å²) in [4.78, 5) is 19.3. The quantitative estimate of drug-likeness (QED) is 0.789. The standard InChI is InChI=1S/C11H10N4O/c12-11-13-7-6-9(15-11)14-10(16)8-4-2-1-3-5-8/h1-7H,(H3,12,13,14,15,16). The van der Waals surface area contributed by atoms with Crippen LogP contribution >= 0.6 is 0 Å². The number of hydrogen-bond donors (Lipinski definition) is 2. The van der Waals surface area contributed by atoms with E-state index in [1.807, 2.05) is 6.07 Å². The zero-order valence-electron chi connectivity index (χ0n) is 8.42. The van der Waals surface area contributed by atoms with E-state index in [0.717, 1.165) is 0 Å². The lowest BCUT2D eigenvalue weighted by Crippen LogP contribution is -2.13. The zero-order valence-corrected chi connectivity index (χ0v) is 8.42. The number of rotatable bonds is 2. The summed E-state index contributed by atoms with van der Waals surface area (Å²) in [5, 5.41) is 2.63. The van der Waals surface area contributed by atoms with Crippen molar-refractivity contribution in [1.29, 1.82) is 0 Å². The number of nitrogen functional groups attached to an aromatic ring is 1. The van der Waals surface area contributed by atoms with Crippen LogP contribution in [0.25, 0.3) is 0 Å². The molecule has 0 aliphatic rings. The fourth-order valence-electron chi connectivity index (χ4n) is 1.22. The van der Waals surface area contributed by atoms with Gasteiger partial charge in [-0.15, -0.1) is 0 Å². The predicted octanol–water partition coefficient (Wildman–Crippen LogP) is 1.31. The van der Waals surface area contributed by atoms with Crippen molar-refractivity contribution in [2.24, 2.45) is 0 Å². The Morgan fingerprint density at radius 1 is 1.19 bits per heavy atom. The first-order valence-corrected chi connectivity index (χ1v) is 4.70. The lowest BCUT2D eigenvalue weighted by Gasteiger charge is -2.03. The van der Waals surface area contributed by atoms with Gasteiger partial charge in [0.2, 0.25) is 5.95 Å². The maximum Gasteiger partial charge on any atom is 0.256 e. The third kappa shape index (κ3) is 2.33. The van der Waals surface area contributed by atoms with Gasteiger partial charge in [0.1, 0.15) is 5.82 Å². The molecular weight excluding hydrogens is 204 g/mol. The fourth-order valence-corrected chi connectivity index (χ4v) is 1.22. The van der Waals surface area contributed by atoms with E-state index in [9.17, 15) is 4.79 Å². The molecule has 1 amide bonds. The second-order valence-electron chi connectivity index (χ2n) is 3.12. The van der Waals surface area contributed by atoms with Crippen molar-refractivity contribution in [3.63, 3.8) is 0 Å². The van der Waals surface area contributed by atoms with Crippen LogP contribution in [-0.4, -0.2) is 15.9 Å². The van der Waals surface area contributed by atoms with Gasteiger partial charge >= 0.3 is 0 Å². The van der Waals surface area contributed by atoms with Gasteiger partial charge in [-0.2, -0.15) is 4.98 Å². The highest BCUT2D eigenvalue weighted by Gasteiger charge is 2.05. The Balaban J connectivity index is 2.14. The molecule has 1 aromatic carbocycles. The van der Waals surface area contributed by atoms with E-state index in [-0.39, 0.29) is 11.9 Å². The molecular formula is C11H10N4O. The van der Waals surface area contributed by atoms with Crippen LogP contribution < -0.4 is 11.1 Å². The summed E-state index contributed by atoms with van der Waals surface area (Å²) >= 11 is 0. The molecule has 5 heteroatoms. The van der Waals surface area contributed by atoms with Crippen molar-refractivity contribution >= 4 is 17.7 Å². The van der Waals surface area contributed by atoms with Crippen LogP contribution in [0, 0.1) is 0 Å². The van der Waals surface area contributed by atoms with Crippen LogP contribution in [0.2, 0.25) is 0 Å². The highest BCUT2D eigenvalue weighted by Crippen LogP contribution is 2.06. The number of hydrogen-bond acceptors (Lipinski definition) is 4. The van der Waals surface area contributed by atoms with Crippen LogP contribution in [0.3, 0.4) is 0 Å². The fraction of sp³-hybridized carbons (Fsp3) is 0. The van der Waals surface area contributed by atoms with Gasteiger partial charge < -0.3 is 11.1 Å². The topological polar surface area (TPSA) is 80.9 Å². The number of anilines is 2. The molecule has 0 aliphatic heterocycles. The molecule has 2 aromatic rings. The summed E-state index contributed by atoms with van der Waals surface area (Å²) in [7, 11) is 0. The largest absolute Gasteiger partial charge is 0.368 e. The molecule has 16 heavy (non-hydrogen) atoms. The molecule has 3 N–H and O–H groups in total. The van der Waals surface area contributed by atoms with Crippen LogP contribution in [0.15, 0.2) is 42.6 Å². The van der Waals surface area contributed by atoms with Crippen molar-refractivity contribution in [1.82, 2.24) is 9.97 Å². The molecule has 0 atom stereocenters. The molecule has 0 saturated heterocycles. The van der Waals surface area contributed by atoms with E-state index in [4.69, 9.17) is 5.73 Å². The number of benzene rings is 1. The summed E-state index contributed by atoms with van der Waals surface area (Å²) in [6, 6.07) is 10.5. The monoisotopic (exact) mass is 214 g/mol. The van der Waals surface area contributed by atoms with Gasteiger partial charge in [-0.25, -0.2) is 4.98 Å². The maximum atomic E-state index is 11.7. The van der Waals surface area contributed by atoms with E-state index in [2.05, 4.69) is 15.3 Å². The average molecular weight is 214 g/mol. The van der Waals surface area contributed by atoms with Crippen LogP contribution in [0.4, 0.5) is 11.8 Å². The third-order valence-corrected chi connectivity index (χ3v) is 1.95. The number of nitrogens with two attached hydrogens (primary N) is 1. The van der Waals surface area contributed by atoms with Gasteiger partial charge in [0.05, 0.1) is 0 Å². The van der Waals surface area contributed by atoms with Crippen molar-refractivity contribution in [3.8, 4) is 0 Å². The number of carbonyl (C=O) groups excluding carboxylic acids is 1. The molecule has 0 aliphatic carbocycles. The highest BCUT2D eigenvalue weighted by molar-refractivity contribution is 6.03. The van der Waals surface area contributed by atoms with Crippen molar-refractivity contribution in [2.45, 2.75) is 0 Å². The first kappa shape index (κ1) is 10.1. The number of amides is 1. The number of carbonyl (C=O) groups is 1. The molecule has 0 saturated carbocycles. The second-order valence-corrected chi connectivity index (χ2v) is 3.12. The van der Waals surface area contributed by atoms with Crippen molar-refractivity contribution in [3.05, 3.63) is 48.2 Å². The average Bonchev–Trinajstić information content (AvgIpc) is 2.30. The van der Waals surface area contributed by atoms with E-state index >= 15 is 0 Å². The van der Waals surface area contributed by atoms with Crippen LogP contribution in [0.5, 0.6) is 0 Å². The summed E-state index contributed by atoms with van der Waals surface area (Å²) in [6.07, 6.45) is 1.49. The van der Waals surface area contributed by atoms with Gasteiger partial charge in [-0.3, -0.25) is 4.79 Å². The third-order valence-electron chi connectivity index (χ3n) is 1.95. The SMILES string of the molecule is Nc1nccc(NC(=O)c2ccccc2)n1. The number of aromatic nitrogens is 2. The first-order chi connectivity index (χ1) is 7.75. The molecule has 0 spiro atoms. The van der Waals surface area contributed by atoms with Crippen molar-refractivity contribution < 1.29 is 4.79 Å². The van der Waals surface area contributed by atoms with E-state index in [0.29, 0.717) is 11.4 Å². The first-order valence-electron chi connectivity index (χ1n) is 4.70. The van der Waals surface area contributed by atoms with Crippen LogP contribution in [0.1, 0.15) is 10.4 Å². The minimum absolute atomic E-state index is 0.130. The van der Waals surface area contributed by atoms with Crippen LogP contribution in [-0.2, 0) is 0 Å². The number of nitrogens with zero attached hydrogens (tertiary/aromatic N) is 2. The van der Waals surface area contributed by atoms with E-state index in [1.54, 1.807) is 30.3 Å². The Hall–Kier alpha value is -2.43.